The van der Waals surface area contributed by atoms with E-state index < -0.39 is 5.97 Å². The lowest BCUT2D eigenvalue weighted by Crippen LogP contribution is -2.29. The van der Waals surface area contributed by atoms with Crippen LogP contribution in [0.2, 0.25) is 0 Å². The first-order chi connectivity index (χ1) is 16.1. The summed E-state index contributed by atoms with van der Waals surface area (Å²) >= 11 is 1.43. The quantitative estimate of drug-likeness (QED) is 0.504. The fourth-order valence-corrected chi connectivity index (χ4v) is 5.12. The molecule has 0 bridgehead atoms. The van der Waals surface area contributed by atoms with Gasteiger partial charge in [0.2, 0.25) is 0 Å². The molecule has 33 heavy (non-hydrogen) atoms. The van der Waals surface area contributed by atoms with E-state index in [4.69, 9.17) is 14.2 Å². The third kappa shape index (κ3) is 5.53. The number of rotatable bonds is 8. The third-order valence-electron chi connectivity index (χ3n) is 5.46. The van der Waals surface area contributed by atoms with Gasteiger partial charge in [-0.05, 0) is 41.8 Å². The first-order valence-electron chi connectivity index (χ1n) is 10.6. The summed E-state index contributed by atoms with van der Waals surface area (Å²) < 4.78 is 15.7. The minimum atomic E-state index is -0.435. The number of amides is 1. The van der Waals surface area contributed by atoms with E-state index >= 15 is 0 Å². The van der Waals surface area contributed by atoms with Gasteiger partial charge in [-0.15, -0.1) is 11.3 Å². The van der Waals surface area contributed by atoms with Crippen LogP contribution >= 0.6 is 11.3 Å². The van der Waals surface area contributed by atoms with E-state index in [9.17, 15) is 9.59 Å². The summed E-state index contributed by atoms with van der Waals surface area (Å²) in [5.41, 5.74) is 2.66. The zero-order valence-electron chi connectivity index (χ0n) is 18.6. The number of nitrogens with one attached hydrogen (secondary N) is 1. The van der Waals surface area contributed by atoms with Crippen LogP contribution in [0.15, 0.2) is 54.6 Å². The number of carbonyl (C=O) groups excluding carboxylic acids is 2. The van der Waals surface area contributed by atoms with Gasteiger partial charge in [-0.3, -0.25) is 9.69 Å². The molecule has 0 fully saturated rings. The van der Waals surface area contributed by atoms with Crippen molar-refractivity contribution < 1.29 is 23.8 Å². The molecule has 4 rings (SSSR count). The number of hydrogen-bond donors (Lipinski definition) is 1. The first-order valence-corrected chi connectivity index (χ1v) is 11.4. The second kappa shape index (κ2) is 10.5. The van der Waals surface area contributed by atoms with E-state index in [-0.39, 0.29) is 12.5 Å². The van der Waals surface area contributed by atoms with Gasteiger partial charge >= 0.3 is 5.97 Å². The Morgan fingerprint density at radius 1 is 1.03 bits per heavy atom. The number of carbonyl (C=O) groups is 2. The van der Waals surface area contributed by atoms with E-state index in [1.54, 1.807) is 31.4 Å². The van der Waals surface area contributed by atoms with Gasteiger partial charge in [-0.25, -0.2) is 4.79 Å². The molecule has 3 aromatic rings. The van der Waals surface area contributed by atoms with Crippen LogP contribution in [0.1, 0.15) is 26.4 Å². The maximum atomic E-state index is 12.6. The molecule has 0 saturated carbocycles. The number of esters is 1. The highest BCUT2D eigenvalue weighted by molar-refractivity contribution is 7.17. The number of fused-ring (bicyclic) bond motifs is 1. The van der Waals surface area contributed by atoms with Gasteiger partial charge in [-0.2, -0.15) is 0 Å². The molecule has 0 aliphatic carbocycles. The normalized spacial score (nSPS) is 13.2. The van der Waals surface area contributed by atoms with E-state index in [1.807, 2.05) is 18.2 Å². The summed E-state index contributed by atoms with van der Waals surface area (Å²) in [6.07, 6.45) is 0.724. The van der Waals surface area contributed by atoms with Gasteiger partial charge in [0.25, 0.3) is 5.91 Å². The Morgan fingerprint density at radius 3 is 2.45 bits per heavy atom. The van der Waals surface area contributed by atoms with E-state index in [0.717, 1.165) is 36.5 Å². The highest BCUT2D eigenvalue weighted by Crippen LogP contribution is 2.38. The Labute approximate surface area is 196 Å². The predicted octanol–water partition coefficient (Wildman–Crippen LogP) is 4.12. The monoisotopic (exact) mass is 466 g/mol. The highest BCUT2D eigenvalue weighted by Gasteiger charge is 2.29. The summed E-state index contributed by atoms with van der Waals surface area (Å²) in [4.78, 5) is 28.5. The largest absolute Gasteiger partial charge is 0.497 e. The van der Waals surface area contributed by atoms with E-state index in [1.165, 1.54) is 24.0 Å². The van der Waals surface area contributed by atoms with Crippen molar-refractivity contribution in [3.05, 3.63) is 76.2 Å². The number of nitrogens with zero attached hydrogens (tertiary/aromatic N) is 1. The first kappa shape index (κ1) is 22.8. The lowest BCUT2D eigenvalue weighted by Gasteiger charge is -2.27. The Hall–Kier alpha value is -3.36. The zero-order valence-corrected chi connectivity index (χ0v) is 19.4. The standard InChI is InChI=1S/C25H26N2O5S/c1-30-18-8-10-19(11-9-18)32-16-22(28)26-24-23(25(29)31-2)20-12-13-27(15-21(20)33-24)14-17-6-4-3-5-7-17/h3-11H,12-16H2,1-2H3,(H,26,28). The van der Waals surface area contributed by atoms with Crippen molar-refractivity contribution in [1.29, 1.82) is 0 Å². The Kier molecular flexibility index (Phi) is 7.26. The minimum absolute atomic E-state index is 0.171. The molecule has 2 heterocycles. The zero-order chi connectivity index (χ0) is 23.2. The summed E-state index contributed by atoms with van der Waals surface area (Å²) in [6.45, 7) is 2.21. The highest BCUT2D eigenvalue weighted by atomic mass is 32.1. The second-order valence-electron chi connectivity index (χ2n) is 7.66. The molecule has 1 amide bonds. The van der Waals surface area contributed by atoms with Gasteiger partial charge in [-0.1, -0.05) is 30.3 Å². The van der Waals surface area contributed by atoms with E-state index in [0.29, 0.717) is 22.1 Å². The second-order valence-corrected chi connectivity index (χ2v) is 8.76. The van der Waals surface area contributed by atoms with Crippen molar-refractivity contribution in [3.63, 3.8) is 0 Å². The molecular weight excluding hydrogens is 440 g/mol. The number of hydrogen-bond acceptors (Lipinski definition) is 7. The molecule has 0 radical (unpaired) electrons. The molecule has 0 unspecified atom stereocenters. The van der Waals surface area contributed by atoms with Crippen LogP contribution < -0.4 is 14.8 Å². The summed E-state index contributed by atoms with van der Waals surface area (Å²) in [5.74, 6) is 0.493. The minimum Gasteiger partial charge on any atom is -0.497 e. The topological polar surface area (TPSA) is 77.1 Å². The molecule has 1 aromatic heterocycles. The van der Waals surface area contributed by atoms with Gasteiger partial charge in [0.1, 0.15) is 16.5 Å². The Morgan fingerprint density at radius 2 is 1.76 bits per heavy atom. The predicted molar refractivity (Wildman–Crippen MR) is 127 cm³/mol. The van der Waals surface area contributed by atoms with Crippen LogP contribution in [0.4, 0.5) is 5.00 Å². The summed E-state index contributed by atoms with van der Waals surface area (Å²) in [7, 11) is 2.94. The molecule has 0 saturated heterocycles. The maximum absolute atomic E-state index is 12.6. The molecule has 7 nitrogen and oxygen atoms in total. The molecule has 0 spiro atoms. The fraction of sp³-hybridized carbons (Fsp3) is 0.280. The van der Waals surface area contributed by atoms with Gasteiger partial charge in [0, 0.05) is 24.5 Å². The molecular formula is C25H26N2O5S. The van der Waals surface area contributed by atoms with Crippen molar-refractivity contribution in [2.24, 2.45) is 0 Å². The van der Waals surface area contributed by atoms with Crippen LogP contribution in [-0.4, -0.2) is 44.1 Å². The number of anilines is 1. The summed E-state index contributed by atoms with van der Waals surface area (Å²) in [6, 6.07) is 17.3. The van der Waals surface area contributed by atoms with Crippen LogP contribution in [0.3, 0.4) is 0 Å². The molecule has 8 heteroatoms. The maximum Gasteiger partial charge on any atom is 0.341 e. The van der Waals surface area contributed by atoms with Crippen LogP contribution in [0, 0.1) is 0 Å². The number of benzene rings is 2. The molecule has 1 aliphatic heterocycles. The average Bonchev–Trinajstić information content (AvgIpc) is 3.20. The SMILES string of the molecule is COC(=O)c1c(NC(=O)COc2ccc(OC)cc2)sc2c1CCN(Cc1ccccc1)C2. The Balaban J connectivity index is 1.45. The average molecular weight is 467 g/mol. The molecule has 2 aromatic carbocycles. The van der Waals surface area contributed by atoms with Gasteiger partial charge in [0.15, 0.2) is 6.61 Å². The summed E-state index contributed by atoms with van der Waals surface area (Å²) in [5, 5.41) is 3.36. The van der Waals surface area contributed by atoms with Crippen LogP contribution in [-0.2, 0) is 29.0 Å². The fourth-order valence-electron chi connectivity index (χ4n) is 3.82. The van der Waals surface area contributed by atoms with Crippen molar-refractivity contribution in [3.8, 4) is 11.5 Å². The van der Waals surface area contributed by atoms with Crippen LogP contribution in [0.25, 0.3) is 0 Å². The third-order valence-corrected chi connectivity index (χ3v) is 6.59. The van der Waals surface area contributed by atoms with Gasteiger partial charge in [0.05, 0.1) is 19.8 Å². The lowest BCUT2D eigenvalue weighted by molar-refractivity contribution is -0.118. The van der Waals surface area contributed by atoms with Crippen molar-refractivity contribution >= 4 is 28.2 Å². The lowest BCUT2D eigenvalue weighted by atomic mass is 10.0. The van der Waals surface area contributed by atoms with Crippen molar-refractivity contribution in [2.45, 2.75) is 19.5 Å². The van der Waals surface area contributed by atoms with Crippen molar-refractivity contribution in [1.82, 2.24) is 4.90 Å². The number of thiophene rings is 1. The molecule has 172 valence electrons. The number of ether oxygens (including phenoxy) is 3. The van der Waals surface area contributed by atoms with E-state index in [2.05, 4.69) is 22.3 Å². The van der Waals surface area contributed by atoms with Crippen LogP contribution in [0.5, 0.6) is 11.5 Å². The van der Waals surface area contributed by atoms with Gasteiger partial charge < -0.3 is 19.5 Å². The molecule has 1 aliphatic rings. The smallest absolute Gasteiger partial charge is 0.341 e. The molecule has 1 N–H and O–H groups in total. The molecule has 0 atom stereocenters. The van der Waals surface area contributed by atoms with Crippen molar-refractivity contribution in [2.75, 3.05) is 32.7 Å². The Bertz CT molecular complexity index is 1110. The number of methoxy groups -OCH3 is 2.